The lowest BCUT2D eigenvalue weighted by atomic mass is 10.1. The highest BCUT2D eigenvalue weighted by molar-refractivity contribution is 5.96. The highest BCUT2D eigenvalue weighted by atomic mass is 35.5. The van der Waals surface area contributed by atoms with Gasteiger partial charge in [-0.3, -0.25) is 4.79 Å². The lowest BCUT2D eigenvalue weighted by molar-refractivity contribution is -0.140. The number of guanidine groups is 1. The van der Waals surface area contributed by atoms with Crippen molar-refractivity contribution in [3.63, 3.8) is 0 Å². The summed E-state index contributed by atoms with van der Waals surface area (Å²) in [5.74, 6) is -0.642. The number of rotatable bonds is 7. The van der Waals surface area contributed by atoms with E-state index in [9.17, 15) is 18.0 Å². The Morgan fingerprint density at radius 1 is 1.38 bits per heavy atom. The molecule has 1 heterocycles. The number of halogens is 5. The lowest BCUT2D eigenvalue weighted by Gasteiger charge is -2.08. The Balaban J connectivity index is 0. The molecule has 0 bridgehead atoms. The van der Waals surface area contributed by atoms with Gasteiger partial charge in [-0.15, -0.1) is 24.8 Å². The van der Waals surface area contributed by atoms with Gasteiger partial charge < -0.3 is 21.2 Å². The molecule has 0 aromatic carbocycles. The maximum absolute atomic E-state index is 12.0. The summed E-state index contributed by atoms with van der Waals surface area (Å²) >= 11 is 0. The number of hydrogen-bond donors (Lipinski definition) is 3. The van der Waals surface area contributed by atoms with E-state index in [1.54, 1.807) is 0 Å². The van der Waals surface area contributed by atoms with E-state index in [0.717, 1.165) is 0 Å². The molecular formula is C13H19Cl2F3N6O2. The van der Waals surface area contributed by atoms with Crippen LogP contribution < -0.4 is 11.1 Å². The van der Waals surface area contributed by atoms with Gasteiger partial charge in [0.2, 0.25) is 0 Å². The highest BCUT2D eigenvalue weighted by Gasteiger charge is 2.26. The summed E-state index contributed by atoms with van der Waals surface area (Å²) in [7, 11) is 1.27. The van der Waals surface area contributed by atoms with E-state index < -0.39 is 18.7 Å². The van der Waals surface area contributed by atoms with Crippen molar-refractivity contribution >= 4 is 48.3 Å². The fraction of sp³-hybridized carbons (Fsp3) is 0.462. The molecule has 0 spiro atoms. The van der Waals surface area contributed by atoms with E-state index in [0.29, 0.717) is 6.42 Å². The number of anilines is 1. The van der Waals surface area contributed by atoms with Gasteiger partial charge in [0.15, 0.2) is 11.8 Å². The molecule has 0 aliphatic heterocycles. The van der Waals surface area contributed by atoms with Gasteiger partial charge >= 0.3 is 12.1 Å². The molecule has 0 aliphatic carbocycles. The number of hydrogen-bond acceptors (Lipinski definition) is 6. The topological polar surface area (TPSA) is 126 Å². The molecule has 4 N–H and O–H groups in total. The SMILES string of the molecule is COC(=O)CCCC(=N)c1nccc(NC(N)=NCC(F)(F)F)n1.Cl.Cl. The fourth-order valence-corrected chi connectivity index (χ4v) is 1.54. The molecule has 26 heavy (non-hydrogen) atoms. The minimum absolute atomic E-state index is 0. The average molecular weight is 419 g/mol. The van der Waals surface area contributed by atoms with Crippen LogP contribution in [0.15, 0.2) is 17.3 Å². The zero-order valence-corrected chi connectivity index (χ0v) is 15.3. The van der Waals surface area contributed by atoms with E-state index in [1.807, 2.05) is 0 Å². The van der Waals surface area contributed by atoms with Crippen LogP contribution in [0.2, 0.25) is 0 Å². The molecule has 0 aliphatic rings. The van der Waals surface area contributed by atoms with Crippen molar-refractivity contribution in [3.05, 3.63) is 18.1 Å². The second-order valence-electron chi connectivity index (χ2n) is 4.62. The first kappa shape index (κ1) is 26.1. The van der Waals surface area contributed by atoms with Gasteiger partial charge in [-0.25, -0.2) is 15.0 Å². The van der Waals surface area contributed by atoms with E-state index in [1.165, 1.54) is 19.4 Å². The monoisotopic (exact) mass is 418 g/mol. The molecule has 0 atom stereocenters. The molecule has 148 valence electrons. The normalized spacial score (nSPS) is 11.0. The minimum Gasteiger partial charge on any atom is -0.469 e. The third-order valence-electron chi connectivity index (χ3n) is 2.65. The third-order valence-corrected chi connectivity index (χ3v) is 2.65. The van der Waals surface area contributed by atoms with Crippen molar-refractivity contribution in [2.75, 3.05) is 19.0 Å². The van der Waals surface area contributed by atoms with Crippen LogP contribution in [0.3, 0.4) is 0 Å². The molecular weight excluding hydrogens is 400 g/mol. The molecule has 0 saturated carbocycles. The maximum atomic E-state index is 12.0. The first-order chi connectivity index (χ1) is 11.2. The van der Waals surface area contributed by atoms with Gasteiger partial charge in [0.1, 0.15) is 12.4 Å². The van der Waals surface area contributed by atoms with Gasteiger partial charge in [0.05, 0.1) is 12.8 Å². The molecule has 1 aromatic rings. The predicted molar refractivity (Wildman–Crippen MR) is 95.4 cm³/mol. The average Bonchev–Trinajstić information content (AvgIpc) is 2.52. The van der Waals surface area contributed by atoms with Gasteiger partial charge in [-0.1, -0.05) is 0 Å². The number of aromatic nitrogens is 2. The number of nitrogens with two attached hydrogens (primary N) is 1. The Hall–Kier alpha value is -2.14. The smallest absolute Gasteiger partial charge is 0.408 e. The number of carbonyl (C=O) groups is 1. The number of ether oxygens (including phenoxy) is 1. The Kier molecular flexibility index (Phi) is 12.3. The number of alkyl halides is 3. The standard InChI is InChI=1S/C13H17F3N6O2.2ClH/c1-24-10(23)4-2-3-8(17)11-19-6-5-9(21-11)22-12(18)20-7-13(14,15)16;;/h5-6,17H,2-4,7H2,1H3,(H3,18,19,20,21,22);2*1H. The summed E-state index contributed by atoms with van der Waals surface area (Å²) < 4.78 is 40.6. The molecule has 0 fully saturated rings. The molecule has 1 aromatic heterocycles. The molecule has 0 saturated heterocycles. The molecule has 0 amide bonds. The van der Waals surface area contributed by atoms with Crippen molar-refractivity contribution in [3.8, 4) is 0 Å². The van der Waals surface area contributed by atoms with Crippen LogP contribution in [0.4, 0.5) is 19.0 Å². The Morgan fingerprint density at radius 2 is 2.04 bits per heavy atom. The van der Waals surface area contributed by atoms with Crippen LogP contribution in [0.25, 0.3) is 0 Å². The lowest BCUT2D eigenvalue weighted by Crippen LogP contribution is -2.26. The van der Waals surface area contributed by atoms with Crippen LogP contribution in [0, 0.1) is 5.41 Å². The largest absolute Gasteiger partial charge is 0.469 e. The molecule has 1 rings (SSSR count). The van der Waals surface area contributed by atoms with Crippen LogP contribution in [-0.4, -0.2) is 47.4 Å². The van der Waals surface area contributed by atoms with Gasteiger partial charge in [0.25, 0.3) is 0 Å². The third kappa shape index (κ3) is 10.7. The highest BCUT2D eigenvalue weighted by Crippen LogP contribution is 2.14. The second-order valence-corrected chi connectivity index (χ2v) is 4.62. The van der Waals surface area contributed by atoms with Crippen molar-refractivity contribution < 1.29 is 22.7 Å². The minimum atomic E-state index is -4.45. The van der Waals surface area contributed by atoms with E-state index in [4.69, 9.17) is 11.1 Å². The summed E-state index contributed by atoms with van der Waals surface area (Å²) in [6.07, 6.45) is -2.33. The van der Waals surface area contributed by atoms with E-state index in [-0.39, 0.29) is 61.0 Å². The van der Waals surface area contributed by atoms with Crippen LogP contribution in [-0.2, 0) is 9.53 Å². The van der Waals surface area contributed by atoms with Crippen LogP contribution in [0.5, 0.6) is 0 Å². The number of carbonyl (C=O) groups excluding carboxylic acids is 1. The quantitative estimate of drug-likeness (QED) is 0.354. The fourth-order valence-electron chi connectivity index (χ4n) is 1.54. The zero-order chi connectivity index (χ0) is 18.2. The van der Waals surface area contributed by atoms with Gasteiger partial charge in [-0.05, 0) is 18.9 Å². The predicted octanol–water partition coefficient (Wildman–Crippen LogP) is 2.32. The maximum Gasteiger partial charge on any atom is 0.408 e. The molecule has 0 radical (unpaired) electrons. The molecule has 8 nitrogen and oxygen atoms in total. The number of nitrogens with one attached hydrogen (secondary N) is 2. The summed E-state index contributed by atoms with van der Waals surface area (Å²) in [4.78, 5) is 22.0. The van der Waals surface area contributed by atoms with Crippen molar-refractivity contribution in [2.24, 2.45) is 10.7 Å². The Labute approximate surface area is 160 Å². The van der Waals surface area contributed by atoms with Gasteiger partial charge in [-0.2, -0.15) is 13.2 Å². The second kappa shape index (κ2) is 12.3. The first-order valence-corrected chi connectivity index (χ1v) is 6.82. The van der Waals surface area contributed by atoms with Gasteiger partial charge in [0, 0.05) is 12.6 Å². The number of methoxy groups -OCH3 is 1. The Bertz CT molecular complexity index is 628. The molecule has 0 unspecified atom stereocenters. The summed E-state index contributed by atoms with van der Waals surface area (Å²) in [5, 5.41) is 10.3. The first-order valence-electron chi connectivity index (χ1n) is 6.82. The van der Waals surface area contributed by atoms with Crippen LogP contribution >= 0.6 is 24.8 Å². The van der Waals surface area contributed by atoms with Crippen molar-refractivity contribution in [2.45, 2.75) is 25.4 Å². The number of aliphatic imine (C=N–C) groups is 1. The zero-order valence-electron chi connectivity index (χ0n) is 13.7. The van der Waals surface area contributed by atoms with E-state index >= 15 is 0 Å². The number of nitrogens with zero attached hydrogens (tertiary/aromatic N) is 3. The van der Waals surface area contributed by atoms with Crippen molar-refractivity contribution in [1.82, 2.24) is 9.97 Å². The van der Waals surface area contributed by atoms with Crippen LogP contribution in [0.1, 0.15) is 25.1 Å². The van der Waals surface area contributed by atoms with E-state index in [2.05, 4.69) is 25.0 Å². The molecule has 13 heteroatoms. The summed E-state index contributed by atoms with van der Waals surface area (Å²) in [5.41, 5.74) is 5.42. The number of esters is 1. The summed E-state index contributed by atoms with van der Waals surface area (Å²) in [6.45, 7) is -1.41. The summed E-state index contributed by atoms with van der Waals surface area (Å²) in [6, 6.07) is 1.38. The Morgan fingerprint density at radius 3 is 2.62 bits per heavy atom. The van der Waals surface area contributed by atoms with Crippen molar-refractivity contribution in [1.29, 1.82) is 5.41 Å².